The summed E-state index contributed by atoms with van der Waals surface area (Å²) in [7, 11) is -1.85. The minimum absolute atomic E-state index is 0.0580. The minimum atomic E-state index is -1.85. The van der Waals surface area contributed by atoms with Crippen LogP contribution in [0.4, 0.5) is 8.78 Å². The molecule has 0 atom stereocenters. The molecule has 8 nitrogen and oxygen atoms in total. The number of rotatable bonds is 11. The highest BCUT2D eigenvalue weighted by Gasteiger charge is 2.36. The first-order chi connectivity index (χ1) is 21.3. The molecule has 0 saturated carbocycles. The van der Waals surface area contributed by atoms with Crippen LogP contribution in [0, 0.1) is 16.8 Å². The molecule has 3 aromatic heterocycles. The van der Waals surface area contributed by atoms with Crippen molar-refractivity contribution in [2.24, 2.45) is 0 Å². The number of aryl methyl sites for hydroxylation is 1. The first-order valence-electron chi connectivity index (χ1n) is 14.8. The zero-order chi connectivity index (χ0) is 32.4. The van der Waals surface area contributed by atoms with E-state index in [2.05, 4.69) is 43.8 Å². The predicted molar refractivity (Wildman–Crippen MR) is 171 cm³/mol. The van der Waals surface area contributed by atoms with E-state index in [-0.39, 0.29) is 34.5 Å². The zero-order valence-electron chi connectivity index (χ0n) is 26.0. The summed E-state index contributed by atoms with van der Waals surface area (Å²) in [5.74, 6) is -1.45. The van der Waals surface area contributed by atoms with Crippen LogP contribution >= 0.6 is 0 Å². The quantitative estimate of drug-likeness (QED) is 0.0490. The SMILES string of the molecule is CC(C)(C)[Si](C)(C)OCCCn1ccc2ncnc(Oc3ccc(CC(=O)c4cccc(-c5ccc(F)cc5)[n+]4[O-])cc3F)c21. The molecule has 0 aliphatic heterocycles. The van der Waals surface area contributed by atoms with Gasteiger partial charge in [-0.15, -0.1) is 0 Å². The molecule has 0 fully saturated rings. The number of aromatic nitrogens is 4. The lowest BCUT2D eigenvalue weighted by Crippen LogP contribution is -2.41. The van der Waals surface area contributed by atoms with Crippen molar-refractivity contribution in [1.82, 2.24) is 14.5 Å². The van der Waals surface area contributed by atoms with Gasteiger partial charge in [-0.25, -0.2) is 13.8 Å². The fourth-order valence-corrected chi connectivity index (χ4v) is 5.78. The van der Waals surface area contributed by atoms with E-state index in [0.29, 0.717) is 40.0 Å². The van der Waals surface area contributed by atoms with Crippen LogP contribution in [0.5, 0.6) is 11.6 Å². The molecular formula is C34H36F2N4O4Si. The lowest BCUT2D eigenvalue weighted by molar-refractivity contribution is -0.596. The van der Waals surface area contributed by atoms with Crippen LogP contribution in [-0.2, 0) is 17.4 Å². The average molecular weight is 631 g/mol. The Labute approximate surface area is 262 Å². The first kappa shape index (κ1) is 31.9. The number of carbonyl (C=O) groups excluding carboxylic acids is 1. The van der Waals surface area contributed by atoms with E-state index >= 15 is 4.39 Å². The second kappa shape index (κ2) is 12.9. The van der Waals surface area contributed by atoms with Gasteiger partial charge in [0.1, 0.15) is 17.7 Å². The Morgan fingerprint density at radius 1 is 1.02 bits per heavy atom. The average Bonchev–Trinajstić information content (AvgIpc) is 3.41. The van der Waals surface area contributed by atoms with Crippen molar-refractivity contribution >= 4 is 25.1 Å². The van der Waals surface area contributed by atoms with E-state index in [4.69, 9.17) is 9.16 Å². The van der Waals surface area contributed by atoms with Gasteiger partial charge in [0.25, 0.3) is 5.69 Å². The van der Waals surface area contributed by atoms with Gasteiger partial charge in [0.2, 0.25) is 17.4 Å². The molecule has 0 unspecified atom stereocenters. The topological polar surface area (TPSA) is 93.2 Å². The van der Waals surface area contributed by atoms with Crippen molar-refractivity contribution in [1.29, 1.82) is 0 Å². The van der Waals surface area contributed by atoms with Crippen molar-refractivity contribution in [2.75, 3.05) is 6.61 Å². The van der Waals surface area contributed by atoms with Crippen LogP contribution in [-0.4, -0.2) is 35.2 Å². The fourth-order valence-electron chi connectivity index (χ4n) is 4.70. The van der Waals surface area contributed by atoms with Crippen LogP contribution in [0.3, 0.4) is 0 Å². The molecule has 0 bridgehead atoms. The van der Waals surface area contributed by atoms with E-state index in [1.165, 1.54) is 48.8 Å². The number of hydrogen-bond acceptors (Lipinski definition) is 6. The van der Waals surface area contributed by atoms with Crippen LogP contribution in [0.15, 0.2) is 79.3 Å². The largest absolute Gasteiger partial charge is 0.618 e. The van der Waals surface area contributed by atoms with E-state index in [1.54, 1.807) is 18.2 Å². The van der Waals surface area contributed by atoms with Crippen molar-refractivity contribution < 1.29 is 27.5 Å². The van der Waals surface area contributed by atoms with Gasteiger partial charge in [-0.1, -0.05) is 26.8 Å². The van der Waals surface area contributed by atoms with Gasteiger partial charge in [-0.3, -0.25) is 4.79 Å². The van der Waals surface area contributed by atoms with Crippen LogP contribution in [0.2, 0.25) is 18.1 Å². The summed E-state index contributed by atoms with van der Waals surface area (Å²) in [6.45, 7) is 12.3. The third kappa shape index (κ3) is 7.10. The van der Waals surface area contributed by atoms with Gasteiger partial charge < -0.3 is 18.9 Å². The highest BCUT2D eigenvalue weighted by Crippen LogP contribution is 2.36. The summed E-state index contributed by atoms with van der Waals surface area (Å²) in [5, 5.41) is 13.1. The molecule has 2 aromatic carbocycles. The number of nitrogens with zero attached hydrogens (tertiary/aromatic N) is 4. The van der Waals surface area contributed by atoms with E-state index < -0.39 is 25.7 Å². The smallest absolute Gasteiger partial charge is 0.260 e. The molecule has 234 valence electrons. The summed E-state index contributed by atoms with van der Waals surface area (Å²) in [6.07, 6.45) is 3.84. The van der Waals surface area contributed by atoms with E-state index in [1.807, 2.05) is 16.8 Å². The maximum Gasteiger partial charge on any atom is 0.260 e. The Balaban J connectivity index is 1.28. The molecule has 0 amide bonds. The summed E-state index contributed by atoms with van der Waals surface area (Å²) in [6, 6.07) is 16.0. The second-order valence-electron chi connectivity index (χ2n) is 12.4. The molecule has 5 rings (SSSR count). The molecule has 0 saturated heterocycles. The summed E-state index contributed by atoms with van der Waals surface area (Å²) < 4.78 is 43.3. The molecule has 5 aromatic rings. The molecule has 0 spiro atoms. The number of carbonyl (C=O) groups is 1. The maximum atomic E-state index is 15.3. The number of Topliss-reactive ketones (excluding diaryl/α,β-unsaturated/α-hetero) is 1. The Bertz CT molecular complexity index is 1840. The van der Waals surface area contributed by atoms with Crippen LogP contribution in [0.25, 0.3) is 22.3 Å². The second-order valence-corrected chi connectivity index (χ2v) is 17.3. The molecule has 45 heavy (non-hydrogen) atoms. The monoisotopic (exact) mass is 630 g/mol. The van der Waals surface area contributed by atoms with E-state index in [0.717, 1.165) is 6.42 Å². The Morgan fingerprint density at radius 2 is 1.78 bits per heavy atom. The van der Waals surface area contributed by atoms with Crippen molar-refractivity contribution in [3.8, 4) is 22.9 Å². The lowest BCUT2D eigenvalue weighted by Gasteiger charge is -2.36. The van der Waals surface area contributed by atoms with Gasteiger partial charge >= 0.3 is 0 Å². The summed E-state index contributed by atoms with van der Waals surface area (Å²) in [5.41, 5.74) is 2.26. The van der Waals surface area contributed by atoms with Gasteiger partial charge in [-0.05, 0) is 78.6 Å². The van der Waals surface area contributed by atoms with Gasteiger partial charge in [-0.2, -0.15) is 9.71 Å². The molecule has 11 heteroatoms. The summed E-state index contributed by atoms with van der Waals surface area (Å²) >= 11 is 0. The van der Waals surface area contributed by atoms with Crippen molar-refractivity contribution in [2.45, 2.75) is 58.3 Å². The third-order valence-corrected chi connectivity index (χ3v) is 12.8. The molecule has 0 aliphatic carbocycles. The highest BCUT2D eigenvalue weighted by atomic mass is 28.4. The number of benzene rings is 2. The number of fused-ring (bicyclic) bond motifs is 1. The lowest BCUT2D eigenvalue weighted by atomic mass is 10.0. The van der Waals surface area contributed by atoms with Crippen LogP contribution < -0.4 is 9.47 Å². The molecule has 3 heterocycles. The number of pyridine rings is 1. The Morgan fingerprint density at radius 3 is 2.49 bits per heavy atom. The van der Waals surface area contributed by atoms with Crippen molar-refractivity contribution in [3.05, 3.63) is 107 Å². The first-order valence-corrected chi connectivity index (χ1v) is 17.7. The third-order valence-electron chi connectivity index (χ3n) is 8.27. The zero-order valence-corrected chi connectivity index (χ0v) is 27.0. The number of hydrogen-bond donors (Lipinski definition) is 0. The number of ketones is 1. The minimum Gasteiger partial charge on any atom is -0.618 e. The van der Waals surface area contributed by atoms with Crippen LogP contribution in [0.1, 0.15) is 43.2 Å². The predicted octanol–water partition coefficient (Wildman–Crippen LogP) is 7.64. The van der Waals surface area contributed by atoms with E-state index in [9.17, 15) is 14.4 Å². The fraction of sp³-hybridized carbons (Fsp3) is 0.294. The normalized spacial score (nSPS) is 12.1. The standard InChI is InChI=1S/C34H36F2N4O4Si/c1-34(2,3)45(4,5)43-19-7-17-39-18-16-27-32(39)33(38-22-37-27)44-31-15-10-23(20-26(31)36)21-30(41)29-9-6-8-28(40(29)42)24-11-13-25(35)14-12-24/h6,8-16,18,20,22H,7,17,19,21H2,1-5H3. The Kier molecular flexibility index (Phi) is 9.12. The van der Waals surface area contributed by atoms with Crippen molar-refractivity contribution in [3.63, 3.8) is 0 Å². The molecule has 0 radical (unpaired) electrons. The maximum absolute atomic E-state index is 15.3. The highest BCUT2D eigenvalue weighted by molar-refractivity contribution is 6.74. The number of halogens is 2. The van der Waals surface area contributed by atoms with Gasteiger partial charge in [0.15, 0.2) is 19.9 Å². The molecule has 0 aliphatic rings. The summed E-state index contributed by atoms with van der Waals surface area (Å²) in [4.78, 5) is 21.7. The molecular weight excluding hydrogens is 594 g/mol. The Hall–Kier alpha value is -4.48. The number of ether oxygens (including phenoxy) is 1. The van der Waals surface area contributed by atoms with Gasteiger partial charge in [0, 0.05) is 43.5 Å². The molecule has 0 N–H and O–H groups in total. The van der Waals surface area contributed by atoms with Gasteiger partial charge in [0.05, 0.1) is 5.52 Å².